The molecule has 0 saturated carbocycles. The van der Waals surface area contributed by atoms with Crippen LogP contribution in [0.3, 0.4) is 0 Å². The number of hydrogen-bond acceptors (Lipinski definition) is 4. The van der Waals surface area contributed by atoms with Gasteiger partial charge in [0.15, 0.2) is 0 Å². The van der Waals surface area contributed by atoms with Gasteiger partial charge < -0.3 is 9.15 Å². The van der Waals surface area contributed by atoms with Gasteiger partial charge in [-0.2, -0.15) is 0 Å². The SMILES string of the molecule is COCc1ccoc1CCN=C=O. The number of carbonyl (C=O) groups excluding carboxylic acids is 1. The first-order valence-corrected chi connectivity index (χ1v) is 3.96. The van der Waals surface area contributed by atoms with Crippen molar-refractivity contribution in [3.05, 3.63) is 23.7 Å². The second-order valence-electron chi connectivity index (χ2n) is 2.53. The fourth-order valence-corrected chi connectivity index (χ4v) is 1.07. The minimum absolute atomic E-state index is 0.410. The van der Waals surface area contributed by atoms with Crippen LogP contribution >= 0.6 is 0 Å². The van der Waals surface area contributed by atoms with Crippen molar-refractivity contribution in [2.75, 3.05) is 13.7 Å². The maximum Gasteiger partial charge on any atom is 0.234 e. The Kier molecular flexibility index (Phi) is 3.96. The van der Waals surface area contributed by atoms with E-state index in [0.717, 1.165) is 11.3 Å². The lowest BCUT2D eigenvalue weighted by Crippen LogP contribution is -1.94. The van der Waals surface area contributed by atoms with Crippen LogP contribution in [0.15, 0.2) is 21.7 Å². The fourth-order valence-electron chi connectivity index (χ4n) is 1.07. The van der Waals surface area contributed by atoms with Gasteiger partial charge in [0.1, 0.15) is 5.76 Å². The first-order chi connectivity index (χ1) is 6.38. The van der Waals surface area contributed by atoms with E-state index in [9.17, 15) is 4.79 Å². The first kappa shape index (κ1) is 9.71. The lowest BCUT2D eigenvalue weighted by Gasteiger charge is -1.98. The Balaban J connectivity index is 2.54. The molecule has 0 bridgehead atoms. The zero-order valence-electron chi connectivity index (χ0n) is 7.45. The van der Waals surface area contributed by atoms with Crippen molar-refractivity contribution < 1.29 is 13.9 Å². The van der Waals surface area contributed by atoms with E-state index >= 15 is 0 Å². The standard InChI is InChI=1S/C9H11NO3/c1-12-6-8-3-5-13-9(8)2-4-10-7-11/h3,5H,2,4,6H2,1H3. The molecule has 1 aromatic heterocycles. The van der Waals surface area contributed by atoms with E-state index in [1.807, 2.05) is 6.07 Å². The van der Waals surface area contributed by atoms with Crippen molar-refractivity contribution in [3.63, 3.8) is 0 Å². The van der Waals surface area contributed by atoms with E-state index in [1.54, 1.807) is 13.4 Å². The van der Waals surface area contributed by atoms with Crippen LogP contribution in [-0.2, 0) is 22.6 Å². The van der Waals surface area contributed by atoms with Crippen molar-refractivity contribution in [1.82, 2.24) is 0 Å². The molecule has 0 N–H and O–H groups in total. The smallest absolute Gasteiger partial charge is 0.234 e. The molecule has 0 aliphatic rings. The van der Waals surface area contributed by atoms with Crippen LogP contribution in [0.4, 0.5) is 0 Å². The summed E-state index contributed by atoms with van der Waals surface area (Å²) in [5, 5.41) is 0. The Morgan fingerprint density at radius 1 is 1.69 bits per heavy atom. The zero-order valence-corrected chi connectivity index (χ0v) is 7.45. The summed E-state index contributed by atoms with van der Waals surface area (Å²) in [5.74, 6) is 0.820. The Labute approximate surface area is 76.2 Å². The van der Waals surface area contributed by atoms with Gasteiger partial charge in [-0.05, 0) is 6.07 Å². The number of hydrogen-bond donors (Lipinski definition) is 0. The third-order valence-corrected chi connectivity index (χ3v) is 1.65. The van der Waals surface area contributed by atoms with E-state index in [4.69, 9.17) is 9.15 Å². The van der Waals surface area contributed by atoms with Crippen LogP contribution in [-0.4, -0.2) is 19.7 Å². The Hall–Kier alpha value is -1.38. The van der Waals surface area contributed by atoms with E-state index in [-0.39, 0.29) is 0 Å². The molecule has 70 valence electrons. The summed E-state index contributed by atoms with van der Waals surface area (Å²) in [4.78, 5) is 13.2. The molecule has 0 fully saturated rings. The molecule has 0 aromatic carbocycles. The van der Waals surface area contributed by atoms with Gasteiger partial charge in [-0.25, -0.2) is 9.79 Å². The molecule has 0 saturated heterocycles. The van der Waals surface area contributed by atoms with E-state index in [0.29, 0.717) is 19.6 Å². The second kappa shape index (κ2) is 5.30. The highest BCUT2D eigenvalue weighted by Gasteiger charge is 2.04. The molecule has 4 heteroatoms. The third-order valence-electron chi connectivity index (χ3n) is 1.65. The topological polar surface area (TPSA) is 51.8 Å². The summed E-state index contributed by atoms with van der Waals surface area (Å²) in [5.41, 5.74) is 1.00. The van der Waals surface area contributed by atoms with Crippen LogP contribution < -0.4 is 0 Å². The number of furan rings is 1. The Morgan fingerprint density at radius 2 is 2.54 bits per heavy atom. The summed E-state index contributed by atoms with van der Waals surface area (Å²) in [6.07, 6.45) is 3.70. The quantitative estimate of drug-likeness (QED) is 0.508. The van der Waals surface area contributed by atoms with Gasteiger partial charge in [0, 0.05) is 19.1 Å². The second-order valence-corrected chi connectivity index (χ2v) is 2.53. The van der Waals surface area contributed by atoms with Gasteiger partial charge in [0.25, 0.3) is 0 Å². The number of rotatable bonds is 5. The molecule has 0 aliphatic carbocycles. The molecule has 0 unspecified atom stereocenters. The summed E-state index contributed by atoms with van der Waals surface area (Å²) < 4.78 is 10.2. The van der Waals surface area contributed by atoms with Gasteiger partial charge >= 0.3 is 0 Å². The Morgan fingerprint density at radius 3 is 3.23 bits per heavy atom. The van der Waals surface area contributed by atoms with Crippen LogP contribution in [0.5, 0.6) is 0 Å². The largest absolute Gasteiger partial charge is 0.469 e. The molecule has 0 radical (unpaired) electrons. The average molecular weight is 181 g/mol. The number of isocyanates is 1. The van der Waals surface area contributed by atoms with Crippen molar-refractivity contribution in [2.45, 2.75) is 13.0 Å². The van der Waals surface area contributed by atoms with Crippen molar-refractivity contribution in [3.8, 4) is 0 Å². The number of ether oxygens (including phenoxy) is 1. The van der Waals surface area contributed by atoms with E-state index in [2.05, 4.69) is 4.99 Å². The summed E-state index contributed by atoms with van der Waals surface area (Å²) in [6, 6.07) is 1.85. The highest BCUT2D eigenvalue weighted by atomic mass is 16.5. The predicted molar refractivity (Wildman–Crippen MR) is 46.1 cm³/mol. The lowest BCUT2D eigenvalue weighted by molar-refractivity contribution is 0.183. The van der Waals surface area contributed by atoms with E-state index in [1.165, 1.54) is 6.08 Å². The summed E-state index contributed by atoms with van der Waals surface area (Å²) in [7, 11) is 1.63. The molecule has 4 nitrogen and oxygen atoms in total. The molecule has 0 amide bonds. The molecular weight excluding hydrogens is 170 g/mol. The predicted octanol–water partition coefficient (Wildman–Crippen LogP) is 1.30. The number of methoxy groups -OCH3 is 1. The molecule has 0 atom stereocenters. The van der Waals surface area contributed by atoms with Gasteiger partial charge in [-0.3, -0.25) is 0 Å². The summed E-state index contributed by atoms with van der Waals surface area (Å²) in [6.45, 7) is 0.935. The van der Waals surface area contributed by atoms with Crippen molar-refractivity contribution in [1.29, 1.82) is 0 Å². The minimum atomic E-state index is 0.410. The minimum Gasteiger partial charge on any atom is -0.469 e. The van der Waals surface area contributed by atoms with Gasteiger partial charge in [0.2, 0.25) is 6.08 Å². The molecule has 1 aromatic rings. The molecule has 1 rings (SSSR count). The van der Waals surface area contributed by atoms with E-state index < -0.39 is 0 Å². The molecular formula is C9H11NO3. The highest BCUT2D eigenvalue weighted by molar-refractivity contribution is 5.33. The average Bonchev–Trinajstić information content (AvgIpc) is 2.54. The number of aliphatic imine (C=N–C) groups is 1. The highest BCUT2D eigenvalue weighted by Crippen LogP contribution is 2.12. The van der Waals surface area contributed by atoms with Gasteiger partial charge in [-0.15, -0.1) is 0 Å². The van der Waals surface area contributed by atoms with Crippen LogP contribution in [0.25, 0.3) is 0 Å². The van der Waals surface area contributed by atoms with Crippen LogP contribution in [0.2, 0.25) is 0 Å². The first-order valence-electron chi connectivity index (χ1n) is 3.96. The van der Waals surface area contributed by atoms with Gasteiger partial charge in [0.05, 0.1) is 19.4 Å². The lowest BCUT2D eigenvalue weighted by atomic mass is 10.2. The van der Waals surface area contributed by atoms with Crippen LogP contribution in [0.1, 0.15) is 11.3 Å². The molecule has 0 aliphatic heterocycles. The molecule has 13 heavy (non-hydrogen) atoms. The van der Waals surface area contributed by atoms with Crippen molar-refractivity contribution in [2.24, 2.45) is 4.99 Å². The maximum atomic E-state index is 9.80. The maximum absolute atomic E-state index is 9.80. The Bertz CT molecular complexity index is 300. The molecule has 0 spiro atoms. The fraction of sp³-hybridized carbons (Fsp3) is 0.444. The third kappa shape index (κ3) is 2.86. The molecule has 1 heterocycles. The summed E-state index contributed by atoms with van der Waals surface area (Å²) >= 11 is 0. The van der Waals surface area contributed by atoms with Crippen molar-refractivity contribution >= 4 is 6.08 Å². The normalized spacial score (nSPS) is 9.62. The monoisotopic (exact) mass is 181 g/mol. The zero-order chi connectivity index (χ0) is 9.52. The van der Waals surface area contributed by atoms with Gasteiger partial charge in [-0.1, -0.05) is 0 Å². The van der Waals surface area contributed by atoms with Crippen LogP contribution in [0, 0.1) is 0 Å². The number of nitrogens with zero attached hydrogens (tertiary/aromatic N) is 1.